The van der Waals surface area contributed by atoms with E-state index in [-0.39, 0.29) is 0 Å². The highest BCUT2D eigenvalue weighted by Crippen LogP contribution is 2.36. The van der Waals surface area contributed by atoms with Crippen LogP contribution in [-0.2, 0) is 19.9 Å². The summed E-state index contributed by atoms with van der Waals surface area (Å²) in [5.41, 5.74) is 4.39. The smallest absolute Gasteiger partial charge is 0.117 e. The summed E-state index contributed by atoms with van der Waals surface area (Å²) < 4.78 is 17.8. The summed E-state index contributed by atoms with van der Waals surface area (Å²) in [6, 6.07) is 23.6. The molecule has 1 aliphatic rings. The SMILES string of the molecule is Cn1c(-c2ccc(Cl)cc2)c(CC(F)CN2CCC(O)(Cc3ccccc3)CC2)c2cc(Cl)ccc21. The zero-order valence-corrected chi connectivity index (χ0v) is 21.9. The first-order chi connectivity index (χ1) is 17.3. The third kappa shape index (κ3) is 5.47. The minimum atomic E-state index is -1.04. The second-order valence-corrected chi connectivity index (χ2v) is 10.9. The van der Waals surface area contributed by atoms with E-state index in [1.807, 2.05) is 67.7 Å². The summed E-state index contributed by atoms with van der Waals surface area (Å²) in [5.74, 6) is 0. The normalized spacial score (nSPS) is 16.9. The van der Waals surface area contributed by atoms with Crippen LogP contribution in [0.1, 0.15) is 24.0 Å². The highest BCUT2D eigenvalue weighted by molar-refractivity contribution is 6.31. The van der Waals surface area contributed by atoms with Crippen LogP contribution in [0.3, 0.4) is 0 Å². The fraction of sp³-hybridized carbons (Fsp3) is 0.333. The van der Waals surface area contributed by atoms with Crippen LogP contribution in [0.4, 0.5) is 4.39 Å². The Morgan fingerprint density at radius 1 is 0.944 bits per heavy atom. The lowest BCUT2D eigenvalue weighted by Crippen LogP contribution is -2.47. The molecule has 4 aromatic rings. The van der Waals surface area contributed by atoms with E-state index in [9.17, 15) is 5.11 Å². The molecule has 1 saturated heterocycles. The van der Waals surface area contributed by atoms with Crippen molar-refractivity contribution in [3.05, 3.63) is 94.0 Å². The molecule has 5 rings (SSSR count). The number of likely N-dealkylation sites (tertiary alicyclic amines) is 1. The van der Waals surface area contributed by atoms with Crippen molar-refractivity contribution >= 4 is 34.1 Å². The van der Waals surface area contributed by atoms with Crippen molar-refractivity contribution in [2.24, 2.45) is 7.05 Å². The summed E-state index contributed by atoms with van der Waals surface area (Å²) in [6.45, 7) is 1.72. The van der Waals surface area contributed by atoms with Crippen LogP contribution in [-0.4, -0.2) is 46.0 Å². The summed E-state index contributed by atoms with van der Waals surface area (Å²) in [5, 5.41) is 13.4. The van der Waals surface area contributed by atoms with E-state index in [0.717, 1.165) is 33.3 Å². The number of rotatable bonds is 7. The van der Waals surface area contributed by atoms with Crippen molar-refractivity contribution in [3.63, 3.8) is 0 Å². The van der Waals surface area contributed by atoms with Gasteiger partial charge < -0.3 is 14.6 Å². The van der Waals surface area contributed by atoms with Gasteiger partial charge in [0.1, 0.15) is 6.17 Å². The van der Waals surface area contributed by atoms with Gasteiger partial charge in [-0.2, -0.15) is 0 Å². The van der Waals surface area contributed by atoms with Crippen molar-refractivity contribution in [2.45, 2.75) is 37.5 Å². The molecule has 1 unspecified atom stereocenters. The van der Waals surface area contributed by atoms with E-state index in [2.05, 4.69) is 21.6 Å². The van der Waals surface area contributed by atoms with E-state index in [1.165, 1.54) is 0 Å². The number of aryl methyl sites for hydroxylation is 1. The van der Waals surface area contributed by atoms with Gasteiger partial charge in [-0.3, -0.25) is 0 Å². The molecule has 0 spiro atoms. The number of aliphatic hydroxyl groups is 1. The zero-order chi connectivity index (χ0) is 25.3. The minimum absolute atomic E-state index is 0.292. The molecule has 6 heteroatoms. The summed E-state index contributed by atoms with van der Waals surface area (Å²) in [6.07, 6.45) is 1.19. The molecule has 1 aromatic heterocycles. The van der Waals surface area contributed by atoms with E-state index in [4.69, 9.17) is 23.2 Å². The number of hydrogen-bond acceptors (Lipinski definition) is 2. The molecule has 0 amide bonds. The Morgan fingerprint density at radius 2 is 1.61 bits per heavy atom. The fourth-order valence-electron chi connectivity index (χ4n) is 5.55. The van der Waals surface area contributed by atoms with Crippen LogP contribution in [0.2, 0.25) is 10.0 Å². The maximum Gasteiger partial charge on any atom is 0.117 e. The number of halogens is 3. The Balaban J connectivity index is 1.32. The number of alkyl halides is 1. The zero-order valence-electron chi connectivity index (χ0n) is 20.4. The molecule has 3 aromatic carbocycles. The average molecular weight is 525 g/mol. The Hall–Kier alpha value is -2.37. The van der Waals surface area contributed by atoms with Gasteiger partial charge in [-0.05, 0) is 59.9 Å². The highest BCUT2D eigenvalue weighted by atomic mass is 35.5. The monoisotopic (exact) mass is 524 g/mol. The molecule has 1 N–H and O–H groups in total. The fourth-order valence-corrected chi connectivity index (χ4v) is 5.84. The number of aromatic nitrogens is 1. The summed E-state index contributed by atoms with van der Waals surface area (Å²) in [7, 11) is 2.01. The third-order valence-corrected chi connectivity index (χ3v) is 7.92. The van der Waals surface area contributed by atoms with Crippen LogP contribution >= 0.6 is 23.2 Å². The predicted molar refractivity (Wildman–Crippen MR) is 148 cm³/mol. The molecule has 0 aliphatic carbocycles. The predicted octanol–water partition coefficient (Wildman–Crippen LogP) is 7.10. The molecule has 188 valence electrons. The number of piperidine rings is 1. The van der Waals surface area contributed by atoms with E-state index < -0.39 is 11.8 Å². The molecular weight excluding hydrogens is 494 g/mol. The van der Waals surface area contributed by atoms with E-state index in [0.29, 0.717) is 55.4 Å². The highest BCUT2D eigenvalue weighted by Gasteiger charge is 2.33. The van der Waals surface area contributed by atoms with Crippen molar-refractivity contribution in [3.8, 4) is 11.3 Å². The first kappa shape index (κ1) is 25.3. The molecule has 1 aliphatic heterocycles. The van der Waals surface area contributed by atoms with Crippen molar-refractivity contribution in [1.82, 2.24) is 9.47 Å². The number of nitrogens with zero attached hydrogens (tertiary/aromatic N) is 2. The van der Waals surface area contributed by atoms with Crippen molar-refractivity contribution < 1.29 is 9.50 Å². The van der Waals surface area contributed by atoms with Crippen LogP contribution in [0.5, 0.6) is 0 Å². The van der Waals surface area contributed by atoms with Gasteiger partial charge in [0, 0.05) is 60.5 Å². The van der Waals surface area contributed by atoms with Crippen molar-refractivity contribution in [2.75, 3.05) is 19.6 Å². The van der Waals surface area contributed by atoms with Gasteiger partial charge in [0.2, 0.25) is 0 Å². The molecular formula is C30H31Cl2FN2O. The van der Waals surface area contributed by atoms with E-state index in [1.54, 1.807) is 0 Å². The Morgan fingerprint density at radius 3 is 2.31 bits per heavy atom. The Kier molecular flexibility index (Phi) is 7.41. The van der Waals surface area contributed by atoms with Crippen LogP contribution < -0.4 is 0 Å². The maximum atomic E-state index is 15.6. The minimum Gasteiger partial charge on any atom is -0.389 e. The second-order valence-electron chi connectivity index (χ2n) is 10.0. The number of benzene rings is 3. The van der Waals surface area contributed by atoms with Gasteiger partial charge in [-0.25, -0.2) is 4.39 Å². The molecule has 1 fully saturated rings. The molecule has 36 heavy (non-hydrogen) atoms. The molecule has 0 saturated carbocycles. The summed E-state index contributed by atoms with van der Waals surface area (Å²) >= 11 is 12.5. The van der Waals surface area contributed by atoms with Gasteiger partial charge in [0.25, 0.3) is 0 Å². The molecule has 1 atom stereocenters. The number of fused-ring (bicyclic) bond motifs is 1. The van der Waals surface area contributed by atoms with Crippen molar-refractivity contribution in [1.29, 1.82) is 0 Å². The largest absolute Gasteiger partial charge is 0.389 e. The standard InChI is InChI=1S/C30H31Cl2FN2O/c1-34-28-12-11-24(32)17-26(28)27(29(34)22-7-9-23(31)10-8-22)18-25(33)20-35-15-13-30(36,14-16-35)19-21-5-3-2-4-6-21/h2-12,17,25,36H,13-16,18-20H2,1H3. The van der Waals surface area contributed by atoms with Gasteiger partial charge in [-0.1, -0.05) is 65.7 Å². The molecule has 0 radical (unpaired) electrons. The van der Waals surface area contributed by atoms with Crippen LogP contribution in [0.25, 0.3) is 22.2 Å². The Bertz CT molecular complexity index is 1330. The number of hydrogen-bond donors (Lipinski definition) is 1. The second kappa shape index (κ2) is 10.5. The molecule has 3 nitrogen and oxygen atoms in total. The quantitative estimate of drug-likeness (QED) is 0.279. The first-order valence-corrected chi connectivity index (χ1v) is 13.2. The van der Waals surface area contributed by atoms with Gasteiger partial charge >= 0.3 is 0 Å². The van der Waals surface area contributed by atoms with E-state index >= 15 is 4.39 Å². The summed E-state index contributed by atoms with van der Waals surface area (Å²) in [4.78, 5) is 2.14. The first-order valence-electron chi connectivity index (χ1n) is 12.5. The topological polar surface area (TPSA) is 28.4 Å². The molecule has 2 heterocycles. The third-order valence-electron chi connectivity index (χ3n) is 7.43. The lowest BCUT2D eigenvalue weighted by molar-refractivity contribution is -0.0248. The van der Waals surface area contributed by atoms with Crippen LogP contribution in [0.15, 0.2) is 72.8 Å². The van der Waals surface area contributed by atoms with Gasteiger partial charge in [-0.15, -0.1) is 0 Å². The molecule has 0 bridgehead atoms. The Labute approximate surface area is 222 Å². The average Bonchev–Trinajstić information content (AvgIpc) is 3.12. The lowest BCUT2D eigenvalue weighted by atomic mass is 9.85. The van der Waals surface area contributed by atoms with Crippen LogP contribution in [0, 0.1) is 0 Å². The lowest BCUT2D eigenvalue weighted by Gasteiger charge is -2.38. The van der Waals surface area contributed by atoms with Gasteiger partial charge in [0.15, 0.2) is 0 Å². The maximum absolute atomic E-state index is 15.6. The van der Waals surface area contributed by atoms with Gasteiger partial charge in [0.05, 0.1) is 11.3 Å².